The van der Waals surface area contributed by atoms with E-state index in [2.05, 4.69) is 10.6 Å². The number of hydrogen-bond acceptors (Lipinski definition) is 3. The van der Waals surface area contributed by atoms with Gasteiger partial charge in [0, 0.05) is 0 Å². The Morgan fingerprint density at radius 3 is 2.32 bits per heavy atom. The Bertz CT molecular complexity index is 502. The second-order valence-electron chi connectivity index (χ2n) is 5.57. The van der Waals surface area contributed by atoms with Gasteiger partial charge in [0.2, 0.25) is 5.91 Å². The maximum atomic E-state index is 12.2. The summed E-state index contributed by atoms with van der Waals surface area (Å²) in [6.45, 7) is 3.79. The molecule has 0 bridgehead atoms. The van der Waals surface area contributed by atoms with Gasteiger partial charge in [-0.15, -0.1) is 0 Å². The minimum Gasteiger partial charge on any atom is -0.465 e. The van der Waals surface area contributed by atoms with Gasteiger partial charge in [-0.1, -0.05) is 44.2 Å². The molecule has 0 fully saturated rings. The van der Waals surface area contributed by atoms with Crippen molar-refractivity contribution in [2.45, 2.75) is 38.8 Å². The highest BCUT2D eigenvalue weighted by Gasteiger charge is 2.24. The highest BCUT2D eigenvalue weighted by molar-refractivity contribution is 5.87. The van der Waals surface area contributed by atoms with E-state index in [0.29, 0.717) is 19.1 Å². The number of hydrogen-bond donors (Lipinski definition) is 3. The van der Waals surface area contributed by atoms with Crippen molar-refractivity contribution in [1.29, 1.82) is 0 Å². The van der Waals surface area contributed by atoms with E-state index in [1.165, 1.54) is 0 Å². The van der Waals surface area contributed by atoms with Gasteiger partial charge in [0.1, 0.15) is 12.3 Å². The van der Waals surface area contributed by atoms with Crippen molar-refractivity contribution in [1.82, 2.24) is 10.6 Å². The van der Waals surface area contributed by atoms with Crippen molar-refractivity contribution >= 4 is 18.3 Å². The Morgan fingerprint density at radius 1 is 1.18 bits per heavy atom. The average Bonchev–Trinajstić information content (AvgIpc) is 2.45. The van der Waals surface area contributed by atoms with Crippen LogP contribution in [0.15, 0.2) is 30.3 Å². The molecule has 0 aliphatic carbocycles. The van der Waals surface area contributed by atoms with Gasteiger partial charge in [0.25, 0.3) is 0 Å². The van der Waals surface area contributed by atoms with E-state index in [9.17, 15) is 14.4 Å². The highest BCUT2D eigenvalue weighted by Crippen LogP contribution is 2.07. The molecule has 0 aliphatic heterocycles. The van der Waals surface area contributed by atoms with Crippen LogP contribution in [0.4, 0.5) is 4.79 Å². The largest absolute Gasteiger partial charge is 0.465 e. The molecule has 120 valence electrons. The third-order valence-corrected chi connectivity index (χ3v) is 3.11. The number of carbonyl (C=O) groups is 3. The van der Waals surface area contributed by atoms with Crippen LogP contribution in [0.25, 0.3) is 0 Å². The van der Waals surface area contributed by atoms with Gasteiger partial charge in [0.05, 0.1) is 6.04 Å². The van der Waals surface area contributed by atoms with Crippen LogP contribution in [0.5, 0.6) is 0 Å². The first kappa shape index (κ1) is 17.7. The fourth-order valence-electron chi connectivity index (χ4n) is 2.14. The molecule has 2 unspecified atom stereocenters. The number of rotatable bonds is 8. The first-order valence-corrected chi connectivity index (χ1v) is 7.21. The summed E-state index contributed by atoms with van der Waals surface area (Å²) in [5, 5.41) is 13.6. The fourth-order valence-corrected chi connectivity index (χ4v) is 2.14. The lowest BCUT2D eigenvalue weighted by atomic mass is 10.0. The Labute approximate surface area is 129 Å². The Balaban J connectivity index is 2.68. The summed E-state index contributed by atoms with van der Waals surface area (Å²) in [7, 11) is 0. The summed E-state index contributed by atoms with van der Waals surface area (Å²) < 4.78 is 0. The van der Waals surface area contributed by atoms with Crippen molar-refractivity contribution in [2.24, 2.45) is 5.92 Å². The predicted molar refractivity (Wildman–Crippen MR) is 82.5 cm³/mol. The van der Waals surface area contributed by atoms with Gasteiger partial charge in [-0.25, -0.2) is 4.79 Å². The van der Waals surface area contributed by atoms with Crippen LogP contribution in [0.3, 0.4) is 0 Å². The van der Waals surface area contributed by atoms with E-state index in [-0.39, 0.29) is 5.92 Å². The van der Waals surface area contributed by atoms with E-state index in [0.717, 1.165) is 5.56 Å². The first-order chi connectivity index (χ1) is 10.4. The summed E-state index contributed by atoms with van der Waals surface area (Å²) in [5.74, 6) is -0.337. The third kappa shape index (κ3) is 6.39. The number of amides is 2. The molecule has 0 saturated carbocycles. The quantitative estimate of drug-likeness (QED) is 0.636. The van der Waals surface area contributed by atoms with Crippen LogP contribution in [0, 0.1) is 5.92 Å². The van der Waals surface area contributed by atoms with Gasteiger partial charge in [-0.2, -0.15) is 0 Å². The van der Waals surface area contributed by atoms with Crippen LogP contribution in [0.1, 0.15) is 25.8 Å². The van der Waals surface area contributed by atoms with Gasteiger partial charge in [-0.3, -0.25) is 4.79 Å². The van der Waals surface area contributed by atoms with Crippen molar-refractivity contribution in [3.63, 3.8) is 0 Å². The predicted octanol–water partition coefficient (Wildman–Crippen LogP) is 1.60. The first-order valence-electron chi connectivity index (χ1n) is 7.21. The summed E-state index contributed by atoms with van der Waals surface area (Å²) in [6.07, 6.45) is 0.150. The number of aldehydes is 1. The molecule has 0 saturated heterocycles. The molecule has 1 aromatic rings. The van der Waals surface area contributed by atoms with E-state index in [1.54, 1.807) is 0 Å². The zero-order valence-electron chi connectivity index (χ0n) is 12.8. The van der Waals surface area contributed by atoms with E-state index >= 15 is 0 Å². The molecule has 3 N–H and O–H groups in total. The smallest absolute Gasteiger partial charge is 0.405 e. The molecule has 22 heavy (non-hydrogen) atoms. The molecular formula is C16H22N2O4. The SMILES string of the molecule is CC(C)CC(NC(=O)O)C(=O)NC(C=O)Cc1ccccc1. The molecule has 0 radical (unpaired) electrons. The maximum Gasteiger partial charge on any atom is 0.405 e. The van der Waals surface area contributed by atoms with Crippen molar-refractivity contribution < 1.29 is 19.5 Å². The molecule has 0 spiro atoms. The minimum absolute atomic E-state index is 0.145. The number of carboxylic acid groups (broad SMARTS) is 1. The van der Waals surface area contributed by atoms with Gasteiger partial charge in [0.15, 0.2) is 0 Å². The number of nitrogens with one attached hydrogen (secondary N) is 2. The summed E-state index contributed by atoms with van der Waals surface area (Å²) in [6, 6.07) is 7.76. The molecule has 0 aliphatic rings. The Morgan fingerprint density at radius 2 is 1.82 bits per heavy atom. The van der Waals surface area contributed by atoms with E-state index in [4.69, 9.17) is 5.11 Å². The summed E-state index contributed by atoms with van der Waals surface area (Å²) >= 11 is 0. The van der Waals surface area contributed by atoms with Crippen molar-refractivity contribution in [3.8, 4) is 0 Å². The second kappa shape index (κ2) is 8.81. The van der Waals surface area contributed by atoms with Gasteiger partial charge >= 0.3 is 6.09 Å². The Kier molecular flexibility index (Phi) is 7.08. The van der Waals surface area contributed by atoms with Crippen LogP contribution in [-0.4, -0.2) is 35.5 Å². The zero-order chi connectivity index (χ0) is 16.5. The van der Waals surface area contributed by atoms with Crippen LogP contribution in [0.2, 0.25) is 0 Å². The lowest BCUT2D eigenvalue weighted by Crippen LogP contribution is -2.50. The van der Waals surface area contributed by atoms with Gasteiger partial charge < -0.3 is 20.5 Å². The molecule has 6 heteroatoms. The molecule has 2 amide bonds. The minimum atomic E-state index is -1.26. The standard InChI is InChI=1S/C16H22N2O4/c1-11(2)8-14(18-16(21)22)15(20)17-13(10-19)9-12-6-4-3-5-7-12/h3-7,10-11,13-14,18H,8-9H2,1-2H3,(H,17,20)(H,21,22). The van der Waals surface area contributed by atoms with E-state index in [1.807, 2.05) is 44.2 Å². The highest BCUT2D eigenvalue weighted by atomic mass is 16.4. The zero-order valence-corrected chi connectivity index (χ0v) is 12.8. The molecule has 2 atom stereocenters. The van der Waals surface area contributed by atoms with Crippen LogP contribution < -0.4 is 10.6 Å². The molecule has 1 rings (SSSR count). The summed E-state index contributed by atoms with van der Waals surface area (Å²) in [5.41, 5.74) is 0.923. The summed E-state index contributed by atoms with van der Waals surface area (Å²) in [4.78, 5) is 34.1. The third-order valence-electron chi connectivity index (χ3n) is 3.11. The lowest BCUT2D eigenvalue weighted by Gasteiger charge is -2.21. The molecule has 1 aromatic carbocycles. The normalized spacial score (nSPS) is 13.2. The fraction of sp³-hybridized carbons (Fsp3) is 0.438. The topological polar surface area (TPSA) is 95.5 Å². The molecule has 0 heterocycles. The lowest BCUT2D eigenvalue weighted by molar-refractivity contribution is -0.126. The molecule has 0 aromatic heterocycles. The number of carbonyl (C=O) groups excluding carboxylic acids is 2. The van der Waals surface area contributed by atoms with Crippen LogP contribution >= 0.6 is 0 Å². The monoisotopic (exact) mass is 306 g/mol. The maximum absolute atomic E-state index is 12.2. The Hall–Kier alpha value is -2.37. The molecular weight excluding hydrogens is 284 g/mol. The molecule has 6 nitrogen and oxygen atoms in total. The average molecular weight is 306 g/mol. The van der Waals surface area contributed by atoms with E-state index < -0.39 is 24.1 Å². The number of benzene rings is 1. The van der Waals surface area contributed by atoms with Crippen molar-refractivity contribution in [2.75, 3.05) is 0 Å². The van der Waals surface area contributed by atoms with Gasteiger partial charge in [-0.05, 0) is 24.3 Å². The van der Waals surface area contributed by atoms with Crippen molar-refractivity contribution in [3.05, 3.63) is 35.9 Å². The second-order valence-corrected chi connectivity index (χ2v) is 5.57. The van der Waals surface area contributed by atoms with Crippen LogP contribution in [-0.2, 0) is 16.0 Å².